The summed E-state index contributed by atoms with van der Waals surface area (Å²) in [6.45, 7) is 2.10. The van der Waals surface area contributed by atoms with Crippen LogP contribution < -0.4 is 4.90 Å². The second kappa shape index (κ2) is 6.23. The number of hydrogen-bond donors (Lipinski definition) is 0. The maximum absolute atomic E-state index is 13.4. The van der Waals surface area contributed by atoms with Gasteiger partial charge in [0, 0.05) is 37.4 Å². The number of carbonyl (C=O) groups is 1. The van der Waals surface area contributed by atoms with Crippen molar-refractivity contribution >= 4 is 11.7 Å². The minimum atomic E-state index is -0.317. The van der Waals surface area contributed by atoms with Crippen molar-refractivity contribution in [3.05, 3.63) is 59.7 Å². The van der Waals surface area contributed by atoms with Gasteiger partial charge in [0.25, 0.3) is 0 Å². The third-order valence-electron chi connectivity index (χ3n) is 5.00. The molecule has 0 saturated carbocycles. The molecule has 4 nitrogen and oxygen atoms in total. The zero-order valence-electron chi connectivity index (χ0n) is 13.5. The van der Waals surface area contributed by atoms with Crippen LogP contribution in [0.2, 0.25) is 0 Å². The van der Waals surface area contributed by atoms with Crippen molar-refractivity contribution in [2.45, 2.75) is 25.2 Å². The molecule has 1 aromatic carbocycles. The molecule has 124 valence electrons. The number of para-hydroxylation sites is 1. The number of carbonyl (C=O) groups excluding carboxylic acids is 1. The topological polar surface area (TPSA) is 36.4 Å². The molecule has 0 radical (unpaired) electrons. The summed E-state index contributed by atoms with van der Waals surface area (Å²) in [5, 5.41) is 0. The first-order valence-electron chi connectivity index (χ1n) is 8.47. The molecule has 1 saturated heterocycles. The monoisotopic (exact) mass is 325 g/mol. The van der Waals surface area contributed by atoms with Gasteiger partial charge < -0.3 is 4.90 Å². The molecule has 0 N–H and O–H groups in total. The predicted molar refractivity (Wildman–Crippen MR) is 90.6 cm³/mol. The molecule has 1 atom stereocenters. The zero-order valence-corrected chi connectivity index (χ0v) is 13.5. The van der Waals surface area contributed by atoms with E-state index in [-0.39, 0.29) is 17.8 Å². The van der Waals surface area contributed by atoms with Crippen LogP contribution in [0.4, 0.5) is 14.9 Å². The van der Waals surface area contributed by atoms with E-state index >= 15 is 0 Å². The van der Waals surface area contributed by atoms with Crippen molar-refractivity contribution in [3.63, 3.8) is 0 Å². The second-order valence-corrected chi connectivity index (χ2v) is 6.53. The SMILES string of the molecule is O=C(N1CCC(c2cncc(F)c2)C1)N1CCCc2ccccc21. The first-order chi connectivity index (χ1) is 11.7. The average Bonchev–Trinajstić information content (AvgIpc) is 3.11. The van der Waals surface area contributed by atoms with Crippen molar-refractivity contribution in [1.29, 1.82) is 0 Å². The smallest absolute Gasteiger partial charge is 0.324 e. The molecule has 3 heterocycles. The van der Waals surface area contributed by atoms with Crippen LogP contribution in [0.1, 0.15) is 29.9 Å². The van der Waals surface area contributed by atoms with Gasteiger partial charge in [0.05, 0.1) is 6.20 Å². The predicted octanol–water partition coefficient (Wildman–Crippen LogP) is 3.58. The van der Waals surface area contributed by atoms with Crippen molar-refractivity contribution in [2.24, 2.45) is 0 Å². The number of halogens is 1. The number of aryl methyl sites for hydroxylation is 1. The number of fused-ring (bicyclic) bond motifs is 1. The molecule has 5 heteroatoms. The van der Waals surface area contributed by atoms with E-state index in [1.165, 1.54) is 17.8 Å². The Kier molecular flexibility index (Phi) is 3.92. The summed E-state index contributed by atoms with van der Waals surface area (Å²) in [6.07, 6.45) is 5.79. The third-order valence-corrected chi connectivity index (χ3v) is 5.00. The highest BCUT2D eigenvalue weighted by Gasteiger charge is 2.32. The molecule has 0 spiro atoms. The number of rotatable bonds is 1. The summed E-state index contributed by atoms with van der Waals surface area (Å²) in [7, 11) is 0. The fourth-order valence-electron chi connectivity index (χ4n) is 3.76. The number of likely N-dealkylation sites (tertiary alicyclic amines) is 1. The minimum absolute atomic E-state index is 0.0639. The normalized spacial score (nSPS) is 20.1. The molecule has 1 aromatic heterocycles. The van der Waals surface area contributed by atoms with Crippen LogP contribution in [0.25, 0.3) is 0 Å². The van der Waals surface area contributed by atoms with E-state index in [9.17, 15) is 9.18 Å². The third kappa shape index (κ3) is 2.75. The maximum atomic E-state index is 13.4. The molecule has 0 bridgehead atoms. The summed E-state index contributed by atoms with van der Waals surface area (Å²) in [4.78, 5) is 20.7. The largest absolute Gasteiger partial charge is 0.324 e. The van der Waals surface area contributed by atoms with E-state index in [0.717, 1.165) is 37.1 Å². The highest BCUT2D eigenvalue weighted by molar-refractivity contribution is 5.93. The molecular formula is C19H20FN3O. The molecule has 2 aliphatic heterocycles. The molecule has 0 aliphatic carbocycles. The van der Waals surface area contributed by atoms with Crippen LogP contribution in [0.15, 0.2) is 42.7 Å². The lowest BCUT2D eigenvalue weighted by atomic mass is 10.0. The lowest BCUT2D eigenvalue weighted by Gasteiger charge is -2.32. The van der Waals surface area contributed by atoms with Crippen molar-refractivity contribution in [1.82, 2.24) is 9.88 Å². The summed E-state index contributed by atoms with van der Waals surface area (Å²) in [5.74, 6) is -0.153. The van der Waals surface area contributed by atoms with E-state index in [1.807, 2.05) is 28.0 Å². The van der Waals surface area contributed by atoms with E-state index in [4.69, 9.17) is 0 Å². The molecule has 2 aliphatic rings. The van der Waals surface area contributed by atoms with Gasteiger partial charge in [-0.15, -0.1) is 0 Å². The van der Waals surface area contributed by atoms with Crippen molar-refractivity contribution < 1.29 is 9.18 Å². The molecule has 1 unspecified atom stereocenters. The maximum Gasteiger partial charge on any atom is 0.324 e. The van der Waals surface area contributed by atoms with Gasteiger partial charge in [0.15, 0.2) is 0 Å². The fourth-order valence-corrected chi connectivity index (χ4v) is 3.76. The highest BCUT2D eigenvalue weighted by atomic mass is 19.1. The number of pyridine rings is 1. The van der Waals surface area contributed by atoms with Crippen LogP contribution in [-0.4, -0.2) is 35.5 Å². The lowest BCUT2D eigenvalue weighted by Crippen LogP contribution is -2.44. The Morgan fingerprint density at radius 2 is 2.08 bits per heavy atom. The molecule has 1 fully saturated rings. The van der Waals surface area contributed by atoms with Gasteiger partial charge in [-0.2, -0.15) is 0 Å². The quantitative estimate of drug-likeness (QED) is 0.803. The molecule has 24 heavy (non-hydrogen) atoms. The molecule has 4 rings (SSSR count). The first kappa shape index (κ1) is 15.1. The Bertz CT molecular complexity index is 764. The van der Waals surface area contributed by atoms with Gasteiger partial charge in [-0.25, -0.2) is 9.18 Å². The number of hydrogen-bond acceptors (Lipinski definition) is 2. The molecular weight excluding hydrogens is 305 g/mol. The Labute approximate surface area is 140 Å². The Morgan fingerprint density at radius 3 is 2.96 bits per heavy atom. The van der Waals surface area contributed by atoms with Crippen molar-refractivity contribution in [3.8, 4) is 0 Å². The van der Waals surface area contributed by atoms with Gasteiger partial charge in [0.2, 0.25) is 0 Å². The Balaban J connectivity index is 1.51. The summed E-state index contributed by atoms with van der Waals surface area (Å²) >= 11 is 0. The minimum Gasteiger partial charge on any atom is -0.324 e. The summed E-state index contributed by atoms with van der Waals surface area (Å²) < 4.78 is 13.4. The summed E-state index contributed by atoms with van der Waals surface area (Å²) in [6, 6.07) is 9.72. The van der Waals surface area contributed by atoms with E-state index in [0.29, 0.717) is 13.1 Å². The van der Waals surface area contributed by atoms with Gasteiger partial charge in [-0.3, -0.25) is 9.88 Å². The van der Waals surface area contributed by atoms with Gasteiger partial charge in [0.1, 0.15) is 5.82 Å². The number of aromatic nitrogens is 1. The van der Waals surface area contributed by atoms with E-state index in [1.54, 1.807) is 6.20 Å². The number of urea groups is 1. The van der Waals surface area contributed by atoms with Crippen molar-refractivity contribution in [2.75, 3.05) is 24.5 Å². The van der Waals surface area contributed by atoms with Crippen LogP contribution in [-0.2, 0) is 6.42 Å². The first-order valence-corrected chi connectivity index (χ1v) is 8.47. The van der Waals surface area contributed by atoms with Crippen LogP contribution in [0.3, 0.4) is 0 Å². The number of anilines is 1. The second-order valence-electron chi connectivity index (χ2n) is 6.53. The Hall–Kier alpha value is -2.43. The lowest BCUT2D eigenvalue weighted by molar-refractivity contribution is 0.214. The number of nitrogens with zero attached hydrogens (tertiary/aromatic N) is 3. The van der Waals surface area contributed by atoms with Crippen LogP contribution in [0.5, 0.6) is 0 Å². The Morgan fingerprint density at radius 1 is 1.21 bits per heavy atom. The number of amides is 2. The van der Waals surface area contributed by atoms with Crippen LogP contribution in [0, 0.1) is 5.82 Å². The average molecular weight is 325 g/mol. The van der Waals surface area contributed by atoms with Gasteiger partial charge in [-0.05, 0) is 42.5 Å². The van der Waals surface area contributed by atoms with Gasteiger partial charge in [-0.1, -0.05) is 18.2 Å². The molecule has 2 aromatic rings. The van der Waals surface area contributed by atoms with E-state index < -0.39 is 0 Å². The highest BCUT2D eigenvalue weighted by Crippen LogP contribution is 2.31. The molecule has 2 amide bonds. The van der Waals surface area contributed by atoms with Gasteiger partial charge >= 0.3 is 6.03 Å². The summed E-state index contributed by atoms with van der Waals surface area (Å²) in [5.41, 5.74) is 3.15. The zero-order chi connectivity index (χ0) is 16.5. The van der Waals surface area contributed by atoms with Crippen LogP contribution >= 0.6 is 0 Å². The fraction of sp³-hybridized carbons (Fsp3) is 0.368. The number of benzene rings is 1. The standard InChI is InChI=1S/C19H20FN3O/c20-17-10-16(11-21-12-17)15-7-9-22(13-15)19(24)23-8-3-5-14-4-1-2-6-18(14)23/h1-2,4,6,10-12,15H,3,5,7-9,13H2. The van der Waals surface area contributed by atoms with E-state index in [2.05, 4.69) is 11.1 Å².